The van der Waals surface area contributed by atoms with Crippen LogP contribution in [0.25, 0.3) is 0 Å². The van der Waals surface area contributed by atoms with E-state index in [0.29, 0.717) is 0 Å². The number of imidazole rings is 1. The summed E-state index contributed by atoms with van der Waals surface area (Å²) in [4.78, 5) is 4.14. The van der Waals surface area contributed by atoms with Crippen LogP contribution in [0.3, 0.4) is 0 Å². The van der Waals surface area contributed by atoms with Gasteiger partial charge in [0.15, 0.2) is 0 Å². The first kappa shape index (κ1) is 10.1. The lowest BCUT2D eigenvalue weighted by molar-refractivity contribution is 0.0854. The first-order valence-corrected chi connectivity index (χ1v) is 4.56. The number of aryl methyl sites for hydroxylation is 1. The predicted octanol–water partition coefficient (Wildman–Crippen LogP) is 1.26. The molecule has 0 amide bonds. The van der Waals surface area contributed by atoms with Crippen LogP contribution in [0.5, 0.6) is 0 Å². The van der Waals surface area contributed by atoms with Gasteiger partial charge in [0.1, 0.15) is 0 Å². The highest BCUT2D eigenvalue weighted by Crippen LogP contribution is 2.01. The maximum absolute atomic E-state index is 5.38. The Morgan fingerprint density at radius 1 is 1.69 bits per heavy atom. The third-order valence-electron chi connectivity index (χ3n) is 1.82. The minimum Gasteiger partial charge on any atom is -0.377 e. The number of aromatic nitrogens is 2. The van der Waals surface area contributed by atoms with Crippen LogP contribution in [0.1, 0.15) is 13.8 Å². The van der Waals surface area contributed by atoms with Crippen molar-refractivity contribution in [2.45, 2.75) is 20.0 Å². The molecule has 0 bridgehead atoms. The van der Waals surface area contributed by atoms with E-state index in [4.69, 9.17) is 4.74 Å². The molecule has 0 saturated heterocycles. The summed E-state index contributed by atoms with van der Waals surface area (Å²) in [6.45, 7) is 5.58. The molecule has 0 fully saturated rings. The molecule has 0 aliphatic rings. The molecule has 1 aromatic heterocycles. The van der Waals surface area contributed by atoms with Crippen molar-refractivity contribution in [3.63, 3.8) is 0 Å². The van der Waals surface area contributed by atoms with Crippen molar-refractivity contribution in [1.82, 2.24) is 9.55 Å². The minimum absolute atomic E-state index is 0.224. The second kappa shape index (κ2) is 4.87. The van der Waals surface area contributed by atoms with Gasteiger partial charge in [0.2, 0.25) is 5.95 Å². The van der Waals surface area contributed by atoms with E-state index in [0.717, 1.165) is 19.1 Å². The largest absolute Gasteiger partial charge is 0.377 e. The highest BCUT2D eigenvalue weighted by molar-refractivity contribution is 5.25. The molecule has 4 nitrogen and oxygen atoms in total. The number of hydrogen-bond acceptors (Lipinski definition) is 3. The topological polar surface area (TPSA) is 39.1 Å². The Labute approximate surface area is 78.9 Å². The molecule has 0 saturated carbocycles. The zero-order valence-corrected chi connectivity index (χ0v) is 8.45. The lowest BCUT2D eigenvalue weighted by Gasteiger charge is -2.12. The molecule has 74 valence electrons. The average molecular weight is 183 g/mol. The van der Waals surface area contributed by atoms with E-state index in [9.17, 15) is 0 Å². The van der Waals surface area contributed by atoms with E-state index in [2.05, 4.69) is 10.3 Å². The Bertz CT molecular complexity index is 247. The molecule has 4 heteroatoms. The van der Waals surface area contributed by atoms with Crippen LogP contribution in [-0.2, 0) is 11.8 Å². The van der Waals surface area contributed by atoms with Crippen LogP contribution in [0.4, 0.5) is 5.95 Å². The molecule has 1 rings (SSSR count). The molecule has 1 unspecified atom stereocenters. The summed E-state index contributed by atoms with van der Waals surface area (Å²) in [7, 11) is 1.96. The quantitative estimate of drug-likeness (QED) is 0.747. The monoisotopic (exact) mass is 183 g/mol. The van der Waals surface area contributed by atoms with Crippen molar-refractivity contribution in [3.8, 4) is 0 Å². The maximum Gasteiger partial charge on any atom is 0.202 e. The van der Waals surface area contributed by atoms with Crippen molar-refractivity contribution in [1.29, 1.82) is 0 Å². The van der Waals surface area contributed by atoms with Crippen molar-refractivity contribution in [2.75, 3.05) is 18.5 Å². The smallest absolute Gasteiger partial charge is 0.202 e. The zero-order valence-electron chi connectivity index (χ0n) is 8.45. The SMILES string of the molecule is CCOC(C)CNc1nccn1C. The summed E-state index contributed by atoms with van der Waals surface area (Å²) in [6, 6.07) is 0. The molecule has 13 heavy (non-hydrogen) atoms. The molecule has 1 N–H and O–H groups in total. The highest BCUT2D eigenvalue weighted by Gasteiger charge is 2.02. The van der Waals surface area contributed by atoms with E-state index in [1.54, 1.807) is 6.20 Å². The molecule has 1 heterocycles. The van der Waals surface area contributed by atoms with Crippen molar-refractivity contribution >= 4 is 5.95 Å². The minimum atomic E-state index is 0.224. The summed E-state index contributed by atoms with van der Waals surface area (Å²) in [5.41, 5.74) is 0. The molecule has 0 aliphatic heterocycles. The van der Waals surface area contributed by atoms with Crippen molar-refractivity contribution in [3.05, 3.63) is 12.4 Å². The van der Waals surface area contributed by atoms with Crippen LogP contribution in [0, 0.1) is 0 Å². The summed E-state index contributed by atoms with van der Waals surface area (Å²) in [5.74, 6) is 0.881. The van der Waals surface area contributed by atoms with Gasteiger partial charge in [-0.3, -0.25) is 0 Å². The molecule has 0 radical (unpaired) electrons. The van der Waals surface area contributed by atoms with Gasteiger partial charge in [-0.2, -0.15) is 0 Å². The van der Waals surface area contributed by atoms with Gasteiger partial charge in [-0.25, -0.2) is 4.98 Å². The van der Waals surface area contributed by atoms with Gasteiger partial charge in [-0.05, 0) is 13.8 Å². The van der Waals surface area contributed by atoms with Gasteiger partial charge >= 0.3 is 0 Å². The summed E-state index contributed by atoms with van der Waals surface area (Å²) in [5, 5.41) is 3.20. The Hall–Kier alpha value is -1.03. The maximum atomic E-state index is 5.38. The van der Waals surface area contributed by atoms with E-state index in [1.165, 1.54) is 0 Å². The third-order valence-corrected chi connectivity index (χ3v) is 1.82. The number of hydrogen-bond donors (Lipinski definition) is 1. The molecular formula is C9H17N3O. The first-order chi connectivity index (χ1) is 6.24. The fourth-order valence-electron chi connectivity index (χ4n) is 1.11. The van der Waals surface area contributed by atoms with Gasteiger partial charge in [0.05, 0.1) is 6.10 Å². The normalized spacial score (nSPS) is 12.8. The Morgan fingerprint density at radius 3 is 3.00 bits per heavy atom. The van der Waals surface area contributed by atoms with Crippen LogP contribution < -0.4 is 5.32 Å². The summed E-state index contributed by atoms with van der Waals surface area (Å²) < 4.78 is 7.32. The standard InChI is InChI=1S/C9H17N3O/c1-4-13-8(2)7-11-9-10-5-6-12(9)3/h5-6,8H,4,7H2,1-3H3,(H,10,11). The van der Waals surface area contributed by atoms with E-state index < -0.39 is 0 Å². The number of nitrogens with zero attached hydrogens (tertiary/aromatic N) is 2. The number of ether oxygens (including phenoxy) is 1. The molecule has 0 aliphatic carbocycles. The zero-order chi connectivity index (χ0) is 9.68. The van der Waals surface area contributed by atoms with Crippen molar-refractivity contribution < 1.29 is 4.74 Å². The van der Waals surface area contributed by atoms with E-state index >= 15 is 0 Å². The van der Waals surface area contributed by atoms with Crippen LogP contribution >= 0.6 is 0 Å². The molecule has 1 atom stereocenters. The first-order valence-electron chi connectivity index (χ1n) is 4.56. The van der Waals surface area contributed by atoms with Crippen LogP contribution in [-0.4, -0.2) is 28.8 Å². The van der Waals surface area contributed by atoms with Gasteiger partial charge in [-0.1, -0.05) is 0 Å². The molecule has 0 spiro atoms. The van der Waals surface area contributed by atoms with E-state index in [-0.39, 0.29) is 6.10 Å². The summed E-state index contributed by atoms with van der Waals surface area (Å²) in [6.07, 6.45) is 3.91. The predicted molar refractivity (Wildman–Crippen MR) is 52.8 cm³/mol. The Balaban J connectivity index is 2.30. The van der Waals surface area contributed by atoms with Crippen molar-refractivity contribution in [2.24, 2.45) is 7.05 Å². The molecule has 1 aromatic rings. The van der Waals surface area contributed by atoms with Gasteiger partial charge < -0.3 is 14.6 Å². The van der Waals surface area contributed by atoms with Crippen LogP contribution in [0.2, 0.25) is 0 Å². The molecular weight excluding hydrogens is 166 g/mol. The summed E-state index contributed by atoms with van der Waals surface area (Å²) >= 11 is 0. The second-order valence-corrected chi connectivity index (χ2v) is 3.01. The fraction of sp³-hybridized carbons (Fsp3) is 0.667. The van der Waals surface area contributed by atoms with Crippen LogP contribution in [0.15, 0.2) is 12.4 Å². The number of nitrogens with one attached hydrogen (secondary N) is 1. The van der Waals surface area contributed by atoms with E-state index in [1.807, 2.05) is 31.7 Å². The fourth-order valence-corrected chi connectivity index (χ4v) is 1.11. The third kappa shape index (κ3) is 3.06. The Kier molecular flexibility index (Phi) is 3.76. The highest BCUT2D eigenvalue weighted by atomic mass is 16.5. The van der Waals surface area contributed by atoms with Gasteiger partial charge in [0.25, 0.3) is 0 Å². The van der Waals surface area contributed by atoms with Gasteiger partial charge in [0, 0.05) is 32.6 Å². The lowest BCUT2D eigenvalue weighted by Crippen LogP contribution is -2.21. The number of anilines is 1. The lowest BCUT2D eigenvalue weighted by atomic mass is 10.4. The molecule has 0 aromatic carbocycles. The average Bonchev–Trinajstić information content (AvgIpc) is 2.48. The van der Waals surface area contributed by atoms with Gasteiger partial charge in [-0.15, -0.1) is 0 Å². The second-order valence-electron chi connectivity index (χ2n) is 3.01. The number of rotatable bonds is 5. The Morgan fingerprint density at radius 2 is 2.46 bits per heavy atom.